The van der Waals surface area contributed by atoms with Crippen LogP contribution in [0.15, 0.2) is 54.6 Å². The SMILES string of the molecule is CCOc1ccc(N2CC(=O)N3CCC[C@H](c4ccccc4)N3C(=O)C2)cc1. The van der Waals surface area contributed by atoms with Crippen molar-refractivity contribution >= 4 is 17.5 Å². The average molecular weight is 379 g/mol. The maximum Gasteiger partial charge on any atom is 0.261 e. The summed E-state index contributed by atoms with van der Waals surface area (Å²) in [4.78, 5) is 28.0. The Morgan fingerprint density at radius 2 is 1.68 bits per heavy atom. The number of hydrogen-bond acceptors (Lipinski definition) is 4. The maximum absolute atomic E-state index is 13.2. The third-order valence-electron chi connectivity index (χ3n) is 5.30. The van der Waals surface area contributed by atoms with Gasteiger partial charge in [0.25, 0.3) is 11.8 Å². The number of benzene rings is 2. The topological polar surface area (TPSA) is 53.1 Å². The van der Waals surface area contributed by atoms with Gasteiger partial charge in [0.15, 0.2) is 0 Å². The van der Waals surface area contributed by atoms with Crippen LogP contribution in [0, 0.1) is 0 Å². The molecule has 2 aromatic rings. The first-order valence-corrected chi connectivity index (χ1v) is 9.82. The predicted octanol–water partition coefficient (Wildman–Crippen LogP) is 3.01. The molecule has 0 bridgehead atoms. The summed E-state index contributed by atoms with van der Waals surface area (Å²) in [6.07, 6.45) is 1.75. The van der Waals surface area contributed by atoms with Crippen molar-refractivity contribution in [3.05, 3.63) is 60.2 Å². The number of ether oxygens (including phenoxy) is 1. The number of carbonyl (C=O) groups excluding carboxylic acids is 2. The fourth-order valence-corrected chi connectivity index (χ4v) is 4.01. The molecule has 0 saturated carbocycles. The molecule has 2 aliphatic heterocycles. The molecule has 0 aromatic heterocycles. The number of fused-ring (bicyclic) bond motifs is 1. The smallest absolute Gasteiger partial charge is 0.261 e. The second-order valence-electron chi connectivity index (χ2n) is 7.11. The first kappa shape index (κ1) is 18.3. The summed E-state index contributed by atoms with van der Waals surface area (Å²) in [7, 11) is 0. The van der Waals surface area contributed by atoms with Crippen LogP contribution in [0.3, 0.4) is 0 Å². The molecule has 2 amide bonds. The molecule has 0 radical (unpaired) electrons. The fourth-order valence-electron chi connectivity index (χ4n) is 4.01. The fraction of sp³-hybridized carbons (Fsp3) is 0.364. The van der Waals surface area contributed by atoms with Gasteiger partial charge in [-0.05, 0) is 49.6 Å². The van der Waals surface area contributed by atoms with Crippen molar-refractivity contribution in [3.8, 4) is 5.75 Å². The standard InChI is InChI=1S/C22H25N3O3/c1-2-28-19-12-10-18(11-13-19)23-15-21(26)24-14-6-9-20(25(24)22(27)16-23)17-7-4-3-5-8-17/h3-5,7-8,10-13,20H,2,6,9,14-16H2,1H3/t20-/m1/s1. The monoisotopic (exact) mass is 379 g/mol. The minimum atomic E-state index is -0.0910. The minimum Gasteiger partial charge on any atom is -0.494 e. The molecule has 4 rings (SSSR count). The molecule has 0 unspecified atom stereocenters. The Hall–Kier alpha value is -3.02. The van der Waals surface area contributed by atoms with E-state index in [1.54, 1.807) is 10.0 Å². The van der Waals surface area contributed by atoms with E-state index in [0.29, 0.717) is 13.2 Å². The Labute approximate surface area is 165 Å². The lowest BCUT2D eigenvalue weighted by Gasteiger charge is -2.43. The molecule has 0 spiro atoms. The van der Waals surface area contributed by atoms with Crippen molar-refractivity contribution in [1.29, 1.82) is 0 Å². The zero-order chi connectivity index (χ0) is 19.5. The first-order valence-electron chi connectivity index (χ1n) is 9.82. The lowest BCUT2D eigenvalue weighted by atomic mass is 9.99. The molecule has 28 heavy (non-hydrogen) atoms. The molecular weight excluding hydrogens is 354 g/mol. The molecule has 2 aliphatic rings. The lowest BCUT2D eigenvalue weighted by molar-refractivity contribution is -0.171. The largest absolute Gasteiger partial charge is 0.494 e. The van der Waals surface area contributed by atoms with E-state index in [0.717, 1.165) is 29.8 Å². The van der Waals surface area contributed by atoms with Gasteiger partial charge in [0.05, 0.1) is 25.7 Å². The van der Waals surface area contributed by atoms with Gasteiger partial charge in [-0.3, -0.25) is 9.59 Å². The zero-order valence-electron chi connectivity index (χ0n) is 16.1. The summed E-state index contributed by atoms with van der Waals surface area (Å²) in [5.74, 6) is 0.692. The van der Waals surface area contributed by atoms with Crippen molar-refractivity contribution in [1.82, 2.24) is 10.0 Å². The van der Waals surface area contributed by atoms with Crippen LogP contribution in [-0.2, 0) is 9.59 Å². The van der Waals surface area contributed by atoms with Gasteiger partial charge in [-0.1, -0.05) is 30.3 Å². The van der Waals surface area contributed by atoms with Gasteiger partial charge >= 0.3 is 0 Å². The van der Waals surface area contributed by atoms with Gasteiger partial charge in [0.2, 0.25) is 0 Å². The third kappa shape index (κ3) is 3.54. The molecule has 2 aromatic carbocycles. The predicted molar refractivity (Wildman–Crippen MR) is 107 cm³/mol. The van der Waals surface area contributed by atoms with Crippen LogP contribution in [0.2, 0.25) is 0 Å². The van der Waals surface area contributed by atoms with Crippen LogP contribution in [0.1, 0.15) is 31.4 Å². The van der Waals surface area contributed by atoms with E-state index >= 15 is 0 Å². The Balaban J connectivity index is 1.60. The molecule has 6 heteroatoms. The molecule has 146 valence electrons. The lowest BCUT2D eigenvalue weighted by Crippen LogP contribution is -2.54. The Morgan fingerprint density at radius 1 is 0.964 bits per heavy atom. The van der Waals surface area contributed by atoms with E-state index in [2.05, 4.69) is 0 Å². The second-order valence-corrected chi connectivity index (χ2v) is 7.11. The molecule has 1 atom stereocenters. The first-order chi connectivity index (χ1) is 13.7. The number of amides is 2. The normalized spacial score (nSPS) is 20.0. The highest BCUT2D eigenvalue weighted by molar-refractivity contribution is 5.91. The molecular formula is C22H25N3O3. The molecule has 2 fully saturated rings. The quantitative estimate of drug-likeness (QED) is 0.820. The van der Waals surface area contributed by atoms with Crippen molar-refractivity contribution in [3.63, 3.8) is 0 Å². The Bertz CT molecular complexity index is 838. The number of rotatable bonds is 4. The Morgan fingerprint density at radius 3 is 2.39 bits per heavy atom. The van der Waals surface area contributed by atoms with Crippen LogP contribution < -0.4 is 9.64 Å². The highest BCUT2D eigenvalue weighted by atomic mass is 16.5. The summed E-state index contributed by atoms with van der Waals surface area (Å²) in [5, 5.41) is 3.34. The van der Waals surface area contributed by atoms with Crippen molar-refractivity contribution in [2.45, 2.75) is 25.8 Å². The van der Waals surface area contributed by atoms with Crippen LogP contribution in [-0.4, -0.2) is 48.1 Å². The van der Waals surface area contributed by atoms with Crippen LogP contribution in [0.4, 0.5) is 5.69 Å². The second kappa shape index (κ2) is 7.92. The van der Waals surface area contributed by atoms with Gasteiger partial charge in [-0.15, -0.1) is 0 Å². The van der Waals surface area contributed by atoms with Crippen LogP contribution in [0.5, 0.6) is 5.75 Å². The maximum atomic E-state index is 13.2. The molecule has 6 nitrogen and oxygen atoms in total. The number of carbonyl (C=O) groups is 2. The highest BCUT2D eigenvalue weighted by Gasteiger charge is 2.40. The van der Waals surface area contributed by atoms with Crippen LogP contribution in [0.25, 0.3) is 0 Å². The van der Waals surface area contributed by atoms with Gasteiger partial charge in [-0.25, -0.2) is 10.0 Å². The van der Waals surface area contributed by atoms with Gasteiger partial charge < -0.3 is 9.64 Å². The summed E-state index contributed by atoms with van der Waals surface area (Å²) in [6, 6.07) is 17.4. The van der Waals surface area contributed by atoms with E-state index in [1.807, 2.05) is 66.4 Å². The van der Waals surface area contributed by atoms with Gasteiger partial charge in [-0.2, -0.15) is 0 Å². The minimum absolute atomic E-state index is 0.0413. The molecule has 2 heterocycles. The number of anilines is 1. The van der Waals surface area contributed by atoms with Gasteiger partial charge in [0, 0.05) is 12.2 Å². The molecule has 0 aliphatic carbocycles. The van der Waals surface area contributed by atoms with Gasteiger partial charge in [0.1, 0.15) is 5.75 Å². The van der Waals surface area contributed by atoms with Crippen LogP contribution >= 0.6 is 0 Å². The number of hydrazine groups is 1. The highest BCUT2D eigenvalue weighted by Crippen LogP contribution is 2.33. The van der Waals surface area contributed by atoms with E-state index in [1.165, 1.54) is 0 Å². The van der Waals surface area contributed by atoms with E-state index < -0.39 is 0 Å². The summed E-state index contributed by atoms with van der Waals surface area (Å²) < 4.78 is 5.49. The average Bonchev–Trinajstić information content (AvgIpc) is 2.86. The van der Waals surface area contributed by atoms with E-state index in [-0.39, 0.29) is 30.9 Å². The zero-order valence-corrected chi connectivity index (χ0v) is 16.1. The Kier molecular flexibility index (Phi) is 5.19. The molecule has 2 saturated heterocycles. The summed E-state index contributed by atoms with van der Waals surface area (Å²) in [6.45, 7) is 3.50. The summed E-state index contributed by atoms with van der Waals surface area (Å²) in [5.41, 5.74) is 1.92. The third-order valence-corrected chi connectivity index (χ3v) is 5.30. The van der Waals surface area contributed by atoms with E-state index in [4.69, 9.17) is 4.74 Å². The van der Waals surface area contributed by atoms with Crippen molar-refractivity contribution < 1.29 is 14.3 Å². The molecule has 0 N–H and O–H groups in total. The van der Waals surface area contributed by atoms with E-state index in [9.17, 15) is 9.59 Å². The summed E-state index contributed by atoms with van der Waals surface area (Å²) >= 11 is 0. The number of hydrogen-bond donors (Lipinski definition) is 0. The van der Waals surface area contributed by atoms with Crippen molar-refractivity contribution in [2.24, 2.45) is 0 Å². The number of nitrogens with zero attached hydrogens (tertiary/aromatic N) is 3. The van der Waals surface area contributed by atoms with Crippen molar-refractivity contribution in [2.75, 3.05) is 31.1 Å².